The van der Waals surface area contributed by atoms with Crippen molar-refractivity contribution in [2.75, 3.05) is 0 Å². The van der Waals surface area contributed by atoms with E-state index in [1.54, 1.807) is 0 Å². The van der Waals surface area contributed by atoms with Crippen LogP contribution in [0.15, 0.2) is 0 Å². The largest absolute Gasteiger partial charge is 0.393 e. The van der Waals surface area contributed by atoms with Crippen LogP contribution in [-0.4, -0.2) is 4.99 Å². The second-order valence-electron chi connectivity index (χ2n) is 3.02. The lowest BCUT2D eigenvalue weighted by Crippen LogP contribution is -2.18. The van der Waals surface area contributed by atoms with Gasteiger partial charge in [-0.1, -0.05) is 25.6 Å². The molecule has 0 aromatic carbocycles. The predicted octanol–water partition coefficient (Wildman–Crippen LogP) is 1.71. The van der Waals surface area contributed by atoms with E-state index in [0.717, 1.165) is 10.9 Å². The van der Waals surface area contributed by atoms with Crippen molar-refractivity contribution in [1.29, 1.82) is 0 Å². The Balaban J connectivity index is 2.39. The average molecular weight is 143 g/mol. The molecule has 0 heterocycles. The summed E-state index contributed by atoms with van der Waals surface area (Å²) < 4.78 is 0. The van der Waals surface area contributed by atoms with E-state index in [4.69, 9.17) is 18.0 Å². The van der Waals surface area contributed by atoms with E-state index < -0.39 is 0 Å². The molecule has 0 aliphatic heterocycles. The molecule has 0 saturated heterocycles. The maximum atomic E-state index is 5.49. The first-order valence-electron chi connectivity index (χ1n) is 3.49. The Labute approximate surface area is 61.6 Å². The number of thiocarbonyl (C=S) groups is 1. The molecule has 52 valence electrons. The minimum atomic E-state index is 0.551. The van der Waals surface area contributed by atoms with Gasteiger partial charge in [0, 0.05) is 5.92 Å². The number of hydrogen-bond acceptors (Lipinski definition) is 1. The van der Waals surface area contributed by atoms with Crippen LogP contribution in [0.5, 0.6) is 0 Å². The van der Waals surface area contributed by atoms with Gasteiger partial charge in [-0.15, -0.1) is 0 Å². The van der Waals surface area contributed by atoms with Crippen LogP contribution in [0.25, 0.3) is 0 Å². The summed E-state index contributed by atoms with van der Waals surface area (Å²) in [6.07, 6.45) is 3.74. The van der Waals surface area contributed by atoms with E-state index in [1.807, 2.05) is 0 Å². The molecular formula is C7H13NS. The molecule has 1 fully saturated rings. The Morgan fingerprint density at radius 3 is 2.44 bits per heavy atom. The summed E-state index contributed by atoms with van der Waals surface area (Å²) in [6.45, 7) is 2.26. The molecule has 0 aromatic heterocycles. The summed E-state index contributed by atoms with van der Waals surface area (Å²) in [5, 5.41) is 0. The van der Waals surface area contributed by atoms with E-state index in [2.05, 4.69) is 6.92 Å². The fourth-order valence-corrected chi connectivity index (χ4v) is 1.68. The van der Waals surface area contributed by atoms with E-state index in [-0.39, 0.29) is 0 Å². The zero-order chi connectivity index (χ0) is 6.85. The molecular weight excluding hydrogens is 130 g/mol. The topological polar surface area (TPSA) is 26.0 Å². The highest BCUT2D eigenvalue weighted by Gasteiger charge is 2.22. The molecule has 1 aliphatic rings. The monoisotopic (exact) mass is 143 g/mol. The molecule has 1 saturated carbocycles. The summed E-state index contributed by atoms with van der Waals surface area (Å²) >= 11 is 4.89. The third-order valence-electron chi connectivity index (χ3n) is 2.10. The summed E-state index contributed by atoms with van der Waals surface area (Å²) in [5.41, 5.74) is 5.49. The molecule has 2 heteroatoms. The molecule has 0 radical (unpaired) electrons. The van der Waals surface area contributed by atoms with Crippen molar-refractivity contribution in [3.05, 3.63) is 0 Å². The van der Waals surface area contributed by atoms with Crippen molar-refractivity contribution >= 4 is 17.2 Å². The van der Waals surface area contributed by atoms with Gasteiger partial charge in [-0.3, -0.25) is 0 Å². The second kappa shape index (κ2) is 2.65. The third kappa shape index (κ3) is 1.65. The molecule has 0 amide bonds. The van der Waals surface area contributed by atoms with Gasteiger partial charge in [0.05, 0.1) is 4.99 Å². The summed E-state index contributed by atoms with van der Waals surface area (Å²) in [4.78, 5) is 0.722. The lowest BCUT2D eigenvalue weighted by Gasteiger charge is -2.04. The van der Waals surface area contributed by atoms with Crippen molar-refractivity contribution in [1.82, 2.24) is 0 Å². The van der Waals surface area contributed by atoms with Crippen LogP contribution in [0.4, 0.5) is 0 Å². The van der Waals surface area contributed by atoms with Crippen molar-refractivity contribution in [2.24, 2.45) is 17.6 Å². The minimum Gasteiger partial charge on any atom is -0.393 e. The second-order valence-corrected chi connectivity index (χ2v) is 3.49. The molecule has 2 atom stereocenters. The van der Waals surface area contributed by atoms with Crippen molar-refractivity contribution in [3.63, 3.8) is 0 Å². The molecule has 1 aliphatic carbocycles. The fourth-order valence-electron chi connectivity index (χ4n) is 1.47. The van der Waals surface area contributed by atoms with Gasteiger partial charge in [-0.2, -0.15) is 0 Å². The maximum absolute atomic E-state index is 5.49. The van der Waals surface area contributed by atoms with Gasteiger partial charge >= 0.3 is 0 Å². The van der Waals surface area contributed by atoms with Crippen LogP contribution in [0.1, 0.15) is 26.2 Å². The zero-order valence-electron chi connectivity index (χ0n) is 5.76. The first kappa shape index (κ1) is 7.00. The van der Waals surface area contributed by atoms with Gasteiger partial charge < -0.3 is 5.73 Å². The summed E-state index contributed by atoms with van der Waals surface area (Å²) in [5.74, 6) is 1.39. The highest BCUT2D eigenvalue weighted by atomic mass is 32.1. The van der Waals surface area contributed by atoms with Crippen LogP contribution < -0.4 is 5.73 Å². The lowest BCUT2D eigenvalue weighted by atomic mass is 10.1. The van der Waals surface area contributed by atoms with Crippen LogP contribution in [0.2, 0.25) is 0 Å². The Hall–Kier alpha value is -0.110. The predicted molar refractivity (Wildman–Crippen MR) is 43.3 cm³/mol. The molecule has 2 N–H and O–H groups in total. The number of rotatable bonds is 1. The van der Waals surface area contributed by atoms with E-state index >= 15 is 0 Å². The first-order valence-corrected chi connectivity index (χ1v) is 3.90. The molecule has 0 bridgehead atoms. The first-order chi connectivity index (χ1) is 4.20. The van der Waals surface area contributed by atoms with Gasteiger partial charge in [-0.25, -0.2) is 0 Å². The quantitative estimate of drug-likeness (QED) is 0.565. The number of hydrogen-bond donors (Lipinski definition) is 1. The number of nitrogens with two attached hydrogens (primary N) is 1. The normalized spacial score (nSPS) is 34.8. The summed E-state index contributed by atoms with van der Waals surface area (Å²) in [6, 6.07) is 0. The Morgan fingerprint density at radius 1 is 1.56 bits per heavy atom. The van der Waals surface area contributed by atoms with Crippen LogP contribution in [-0.2, 0) is 0 Å². The Kier molecular flexibility index (Phi) is 2.06. The lowest BCUT2D eigenvalue weighted by molar-refractivity contribution is 0.597. The van der Waals surface area contributed by atoms with Crippen LogP contribution in [0.3, 0.4) is 0 Å². The molecule has 1 nitrogen and oxygen atoms in total. The van der Waals surface area contributed by atoms with Crippen LogP contribution >= 0.6 is 12.2 Å². The SMILES string of the molecule is CC1CCC(C(N)=S)C1. The minimum absolute atomic E-state index is 0.551. The molecule has 9 heavy (non-hydrogen) atoms. The third-order valence-corrected chi connectivity index (χ3v) is 2.43. The van der Waals surface area contributed by atoms with Gasteiger partial charge in [0.15, 0.2) is 0 Å². The van der Waals surface area contributed by atoms with E-state index in [0.29, 0.717) is 5.92 Å². The van der Waals surface area contributed by atoms with Gasteiger partial charge in [0.1, 0.15) is 0 Å². The zero-order valence-corrected chi connectivity index (χ0v) is 6.58. The average Bonchev–Trinajstić information content (AvgIpc) is 2.14. The molecule has 1 rings (SSSR count). The maximum Gasteiger partial charge on any atom is 0.0758 e. The van der Waals surface area contributed by atoms with Gasteiger partial charge in [0.2, 0.25) is 0 Å². The van der Waals surface area contributed by atoms with E-state index in [1.165, 1.54) is 19.3 Å². The molecule has 0 aromatic rings. The highest BCUT2D eigenvalue weighted by molar-refractivity contribution is 7.80. The molecule has 0 spiro atoms. The van der Waals surface area contributed by atoms with Crippen molar-refractivity contribution in [2.45, 2.75) is 26.2 Å². The smallest absolute Gasteiger partial charge is 0.0758 e. The Morgan fingerprint density at radius 2 is 2.22 bits per heavy atom. The van der Waals surface area contributed by atoms with Crippen LogP contribution in [0, 0.1) is 11.8 Å². The van der Waals surface area contributed by atoms with Gasteiger partial charge in [0.25, 0.3) is 0 Å². The highest BCUT2D eigenvalue weighted by Crippen LogP contribution is 2.30. The molecule has 2 unspecified atom stereocenters. The van der Waals surface area contributed by atoms with Gasteiger partial charge in [-0.05, 0) is 18.8 Å². The van der Waals surface area contributed by atoms with Crippen molar-refractivity contribution < 1.29 is 0 Å². The Bertz CT molecular complexity index is 122. The van der Waals surface area contributed by atoms with E-state index in [9.17, 15) is 0 Å². The van der Waals surface area contributed by atoms with Crippen molar-refractivity contribution in [3.8, 4) is 0 Å². The fraction of sp³-hybridized carbons (Fsp3) is 0.857. The summed E-state index contributed by atoms with van der Waals surface area (Å²) in [7, 11) is 0. The standard InChI is InChI=1S/C7H13NS/c1-5-2-3-6(4-5)7(8)9/h5-6H,2-4H2,1H3,(H2,8,9).